The van der Waals surface area contributed by atoms with Gasteiger partial charge in [-0.25, -0.2) is 4.98 Å². The fourth-order valence-corrected chi connectivity index (χ4v) is 1.56. The molecule has 0 aliphatic rings. The van der Waals surface area contributed by atoms with Crippen molar-refractivity contribution in [3.63, 3.8) is 0 Å². The van der Waals surface area contributed by atoms with Crippen molar-refractivity contribution >= 4 is 11.6 Å². The number of aryl methyl sites for hydroxylation is 1. The molecule has 15 heavy (non-hydrogen) atoms. The zero-order valence-corrected chi connectivity index (χ0v) is 9.58. The van der Waals surface area contributed by atoms with E-state index in [1.165, 1.54) is 0 Å². The fraction of sp³-hybridized carbons (Fsp3) is 0.300. The van der Waals surface area contributed by atoms with Crippen LogP contribution in [0.4, 0.5) is 0 Å². The summed E-state index contributed by atoms with van der Waals surface area (Å²) in [6.07, 6.45) is 3.61. The average molecular weight is 223 g/mol. The van der Waals surface area contributed by atoms with Crippen molar-refractivity contribution in [1.82, 2.24) is 19.7 Å². The minimum Gasteiger partial charge on any atom is -0.333 e. The number of halogens is 1. The Morgan fingerprint density at radius 3 is 2.53 bits per heavy atom. The normalized spacial score (nSPS) is 10.7. The van der Waals surface area contributed by atoms with Gasteiger partial charge < -0.3 is 4.57 Å². The van der Waals surface area contributed by atoms with E-state index in [0.717, 1.165) is 22.6 Å². The van der Waals surface area contributed by atoms with E-state index in [0.29, 0.717) is 5.15 Å². The molecule has 2 aromatic rings. The van der Waals surface area contributed by atoms with E-state index in [9.17, 15) is 0 Å². The van der Waals surface area contributed by atoms with Gasteiger partial charge in [0.25, 0.3) is 0 Å². The Morgan fingerprint density at radius 2 is 1.93 bits per heavy atom. The van der Waals surface area contributed by atoms with Gasteiger partial charge in [0.05, 0.1) is 0 Å². The van der Waals surface area contributed by atoms with Crippen LogP contribution < -0.4 is 0 Å². The molecule has 4 nitrogen and oxygen atoms in total. The highest BCUT2D eigenvalue weighted by molar-refractivity contribution is 6.30. The van der Waals surface area contributed by atoms with Crippen LogP contribution in [0.15, 0.2) is 12.4 Å². The highest BCUT2D eigenvalue weighted by Gasteiger charge is 2.12. The first-order chi connectivity index (χ1) is 7.11. The van der Waals surface area contributed by atoms with Gasteiger partial charge in [0.15, 0.2) is 11.0 Å². The lowest BCUT2D eigenvalue weighted by atomic mass is 10.1. The number of rotatable bonds is 1. The molecular formula is C10H11ClN4. The molecular weight excluding hydrogens is 212 g/mol. The van der Waals surface area contributed by atoms with Crippen LogP contribution >= 0.6 is 11.6 Å². The Bertz CT molecular complexity index is 504. The van der Waals surface area contributed by atoms with Gasteiger partial charge in [0.2, 0.25) is 0 Å². The van der Waals surface area contributed by atoms with Gasteiger partial charge in [-0.3, -0.25) is 0 Å². The third kappa shape index (κ3) is 1.61. The summed E-state index contributed by atoms with van der Waals surface area (Å²) in [4.78, 5) is 4.24. The summed E-state index contributed by atoms with van der Waals surface area (Å²) in [5.74, 6) is 0.805. The lowest BCUT2D eigenvalue weighted by molar-refractivity contribution is 0.896. The largest absolute Gasteiger partial charge is 0.333 e. The molecule has 0 bridgehead atoms. The Labute approximate surface area is 92.9 Å². The maximum Gasteiger partial charge on any atom is 0.160 e. The molecule has 5 heteroatoms. The third-order valence-electron chi connectivity index (χ3n) is 2.50. The number of hydrogen-bond acceptors (Lipinski definition) is 3. The predicted octanol–water partition coefficient (Wildman–Crippen LogP) is 2.15. The topological polar surface area (TPSA) is 43.6 Å². The first kappa shape index (κ1) is 10.1. The summed E-state index contributed by atoms with van der Waals surface area (Å²) in [6, 6.07) is 0. The van der Waals surface area contributed by atoms with Gasteiger partial charge in [-0.1, -0.05) is 11.6 Å². The standard InChI is InChI=1S/C10H11ClN4/c1-6-7(2)9(11)14-13-8(6)10-12-4-5-15(10)3/h4-5H,1-3H3. The predicted molar refractivity (Wildman–Crippen MR) is 58.7 cm³/mol. The fourth-order valence-electron chi connectivity index (χ4n) is 1.38. The van der Waals surface area contributed by atoms with Gasteiger partial charge in [0, 0.05) is 19.4 Å². The summed E-state index contributed by atoms with van der Waals surface area (Å²) in [5, 5.41) is 8.42. The zero-order chi connectivity index (χ0) is 11.0. The first-order valence-corrected chi connectivity index (χ1v) is 4.96. The van der Waals surface area contributed by atoms with Crippen molar-refractivity contribution in [1.29, 1.82) is 0 Å². The second-order valence-electron chi connectivity index (χ2n) is 3.45. The van der Waals surface area contributed by atoms with Crippen LogP contribution in [0.2, 0.25) is 5.15 Å². The second-order valence-corrected chi connectivity index (χ2v) is 3.81. The van der Waals surface area contributed by atoms with Gasteiger partial charge >= 0.3 is 0 Å². The molecule has 0 N–H and O–H groups in total. The summed E-state index contributed by atoms with van der Waals surface area (Å²) in [5.41, 5.74) is 2.75. The Hall–Kier alpha value is -1.42. The number of imidazole rings is 1. The van der Waals surface area contributed by atoms with Crippen LogP contribution in [-0.2, 0) is 7.05 Å². The van der Waals surface area contributed by atoms with E-state index in [4.69, 9.17) is 11.6 Å². The quantitative estimate of drug-likeness (QED) is 0.743. The lowest BCUT2D eigenvalue weighted by Crippen LogP contribution is -2.01. The van der Waals surface area contributed by atoms with Crippen molar-refractivity contribution in [3.8, 4) is 11.5 Å². The molecule has 78 valence electrons. The Morgan fingerprint density at radius 1 is 1.20 bits per heavy atom. The van der Waals surface area contributed by atoms with Crippen molar-refractivity contribution in [2.45, 2.75) is 13.8 Å². The van der Waals surface area contributed by atoms with Crippen LogP contribution in [0, 0.1) is 13.8 Å². The van der Waals surface area contributed by atoms with E-state index in [-0.39, 0.29) is 0 Å². The van der Waals surface area contributed by atoms with E-state index in [1.54, 1.807) is 6.20 Å². The molecule has 0 fully saturated rings. The van der Waals surface area contributed by atoms with Crippen molar-refractivity contribution in [2.24, 2.45) is 7.05 Å². The number of hydrogen-bond donors (Lipinski definition) is 0. The van der Waals surface area contributed by atoms with Crippen LogP contribution in [0.25, 0.3) is 11.5 Å². The molecule has 0 atom stereocenters. The molecule has 2 rings (SSSR count). The van der Waals surface area contributed by atoms with Crippen molar-refractivity contribution < 1.29 is 0 Å². The maximum atomic E-state index is 5.89. The minimum absolute atomic E-state index is 0.449. The lowest BCUT2D eigenvalue weighted by Gasteiger charge is -2.07. The summed E-state index contributed by atoms with van der Waals surface area (Å²) in [7, 11) is 1.92. The van der Waals surface area contributed by atoms with E-state index in [2.05, 4.69) is 15.2 Å². The van der Waals surface area contributed by atoms with Crippen LogP contribution in [0.5, 0.6) is 0 Å². The van der Waals surface area contributed by atoms with Gasteiger partial charge in [0.1, 0.15) is 5.69 Å². The molecule has 0 amide bonds. The molecule has 0 saturated carbocycles. The molecule has 0 spiro atoms. The summed E-state index contributed by atoms with van der Waals surface area (Å²) < 4.78 is 1.91. The molecule has 0 radical (unpaired) electrons. The number of aromatic nitrogens is 4. The first-order valence-electron chi connectivity index (χ1n) is 4.58. The molecule has 0 unspecified atom stereocenters. The zero-order valence-electron chi connectivity index (χ0n) is 8.82. The van der Waals surface area contributed by atoms with Gasteiger partial charge in [-0.05, 0) is 25.0 Å². The smallest absolute Gasteiger partial charge is 0.160 e. The molecule has 0 aliphatic heterocycles. The van der Waals surface area contributed by atoms with Gasteiger partial charge in [-0.15, -0.1) is 10.2 Å². The monoisotopic (exact) mass is 222 g/mol. The van der Waals surface area contributed by atoms with E-state index >= 15 is 0 Å². The van der Waals surface area contributed by atoms with Crippen LogP contribution in [-0.4, -0.2) is 19.7 Å². The van der Waals surface area contributed by atoms with Crippen LogP contribution in [0.1, 0.15) is 11.1 Å². The maximum absolute atomic E-state index is 5.89. The van der Waals surface area contributed by atoms with Gasteiger partial charge in [-0.2, -0.15) is 0 Å². The molecule has 2 aromatic heterocycles. The Balaban J connectivity index is 2.65. The molecule has 0 aliphatic carbocycles. The SMILES string of the molecule is Cc1c(Cl)nnc(-c2nccn2C)c1C. The molecule has 0 aromatic carbocycles. The summed E-state index contributed by atoms with van der Waals surface area (Å²) in [6.45, 7) is 3.90. The van der Waals surface area contributed by atoms with Crippen molar-refractivity contribution in [3.05, 3.63) is 28.7 Å². The van der Waals surface area contributed by atoms with Crippen LogP contribution in [0.3, 0.4) is 0 Å². The van der Waals surface area contributed by atoms with E-state index < -0.39 is 0 Å². The Kier molecular flexibility index (Phi) is 2.44. The second kappa shape index (κ2) is 3.62. The molecule has 0 saturated heterocycles. The highest BCUT2D eigenvalue weighted by atomic mass is 35.5. The average Bonchev–Trinajstić information content (AvgIpc) is 2.62. The highest BCUT2D eigenvalue weighted by Crippen LogP contribution is 2.23. The van der Waals surface area contributed by atoms with E-state index in [1.807, 2.05) is 31.7 Å². The van der Waals surface area contributed by atoms with Crippen molar-refractivity contribution in [2.75, 3.05) is 0 Å². The summed E-state index contributed by atoms with van der Waals surface area (Å²) >= 11 is 5.89. The molecule has 2 heterocycles. The number of nitrogens with zero attached hydrogens (tertiary/aromatic N) is 4. The third-order valence-corrected chi connectivity index (χ3v) is 2.86. The minimum atomic E-state index is 0.449.